The number of benzene rings is 2. The molecule has 0 radical (unpaired) electrons. The lowest BCUT2D eigenvalue weighted by atomic mass is 10.1. The van der Waals surface area contributed by atoms with Gasteiger partial charge in [0.05, 0.1) is 31.4 Å². The van der Waals surface area contributed by atoms with Crippen molar-refractivity contribution in [2.45, 2.75) is 6.54 Å². The van der Waals surface area contributed by atoms with Gasteiger partial charge in [-0.3, -0.25) is 9.59 Å². The summed E-state index contributed by atoms with van der Waals surface area (Å²) in [4.78, 5) is 26.8. The van der Waals surface area contributed by atoms with Crippen molar-refractivity contribution in [3.8, 4) is 17.2 Å². The van der Waals surface area contributed by atoms with Crippen LogP contribution in [0.5, 0.6) is 17.2 Å². The number of ether oxygens (including phenoxy) is 3. The highest BCUT2D eigenvalue weighted by molar-refractivity contribution is 8.26. The third kappa shape index (κ3) is 4.12. The highest BCUT2D eigenvalue weighted by Crippen LogP contribution is 2.36. The normalized spacial score (nSPS) is 16.9. The van der Waals surface area contributed by atoms with Crippen LogP contribution < -0.4 is 24.4 Å². The van der Waals surface area contributed by atoms with E-state index >= 15 is 0 Å². The summed E-state index contributed by atoms with van der Waals surface area (Å²) in [7, 11) is 3.16. The SMILES string of the molecule is COc1cc(CN2C(=O)COc3ccc(C=C4SC(=S)NC4=O)cc32)cc(OC)c1. The Kier molecular flexibility index (Phi) is 5.65. The summed E-state index contributed by atoms with van der Waals surface area (Å²) in [5.41, 5.74) is 2.25. The fraction of sp³-hybridized carbons (Fsp3) is 0.190. The number of nitrogens with one attached hydrogen (secondary N) is 1. The molecule has 2 aliphatic heterocycles. The molecule has 1 N–H and O–H groups in total. The third-order valence-corrected chi connectivity index (χ3v) is 5.78. The zero-order valence-electron chi connectivity index (χ0n) is 16.3. The van der Waals surface area contributed by atoms with Crippen LogP contribution in [0.4, 0.5) is 5.69 Å². The molecule has 0 bridgehead atoms. The second-order valence-electron chi connectivity index (χ2n) is 6.57. The molecule has 2 amide bonds. The van der Waals surface area contributed by atoms with Crippen LogP contribution in [0.1, 0.15) is 11.1 Å². The van der Waals surface area contributed by atoms with Crippen LogP contribution in [0.15, 0.2) is 41.3 Å². The Morgan fingerprint density at radius 2 is 1.90 bits per heavy atom. The predicted octanol–water partition coefficient (Wildman–Crippen LogP) is 3.12. The summed E-state index contributed by atoms with van der Waals surface area (Å²) in [5.74, 6) is 1.50. The highest BCUT2D eigenvalue weighted by Gasteiger charge is 2.27. The lowest BCUT2D eigenvalue weighted by molar-refractivity contribution is -0.121. The van der Waals surface area contributed by atoms with Gasteiger partial charge < -0.3 is 24.4 Å². The Bertz CT molecular complexity index is 1060. The summed E-state index contributed by atoms with van der Waals surface area (Å²) in [5, 5.41) is 2.59. The van der Waals surface area contributed by atoms with E-state index in [4.69, 9.17) is 26.4 Å². The summed E-state index contributed by atoms with van der Waals surface area (Å²) < 4.78 is 16.7. The second kappa shape index (κ2) is 8.37. The Hall–Kier alpha value is -3.04. The Morgan fingerprint density at radius 3 is 2.53 bits per heavy atom. The van der Waals surface area contributed by atoms with Gasteiger partial charge in [-0.15, -0.1) is 0 Å². The molecule has 0 aromatic heterocycles. The summed E-state index contributed by atoms with van der Waals surface area (Å²) >= 11 is 6.24. The molecule has 2 aliphatic rings. The topological polar surface area (TPSA) is 77.1 Å². The predicted molar refractivity (Wildman–Crippen MR) is 119 cm³/mol. The molecule has 9 heteroatoms. The Labute approximate surface area is 183 Å². The van der Waals surface area contributed by atoms with Crippen LogP contribution in [0.25, 0.3) is 6.08 Å². The maximum absolute atomic E-state index is 12.7. The van der Waals surface area contributed by atoms with Crippen molar-refractivity contribution in [1.29, 1.82) is 0 Å². The van der Waals surface area contributed by atoms with Crippen LogP contribution in [0, 0.1) is 0 Å². The number of hydrogen-bond donors (Lipinski definition) is 1. The van der Waals surface area contributed by atoms with Crippen molar-refractivity contribution in [2.75, 3.05) is 25.7 Å². The van der Waals surface area contributed by atoms with Gasteiger partial charge in [-0.05, 0) is 41.5 Å². The Morgan fingerprint density at radius 1 is 1.17 bits per heavy atom. The van der Waals surface area contributed by atoms with Gasteiger partial charge in [0.15, 0.2) is 6.61 Å². The minimum absolute atomic E-state index is 0.0406. The minimum Gasteiger partial charge on any atom is -0.497 e. The van der Waals surface area contributed by atoms with Crippen molar-refractivity contribution in [2.24, 2.45) is 0 Å². The molecule has 4 rings (SSSR count). The smallest absolute Gasteiger partial charge is 0.265 e. The molecular weight excluding hydrogens is 424 g/mol. The molecule has 2 aromatic rings. The van der Waals surface area contributed by atoms with Crippen molar-refractivity contribution >= 4 is 51.9 Å². The maximum Gasteiger partial charge on any atom is 0.265 e. The van der Waals surface area contributed by atoms with Crippen LogP contribution in [0.3, 0.4) is 0 Å². The molecule has 0 spiro atoms. The minimum atomic E-state index is -0.227. The molecular formula is C21H18N2O5S2. The number of fused-ring (bicyclic) bond motifs is 1. The number of carbonyl (C=O) groups is 2. The van der Waals surface area contributed by atoms with E-state index in [2.05, 4.69) is 5.32 Å². The number of anilines is 1. The monoisotopic (exact) mass is 442 g/mol. The molecule has 0 saturated carbocycles. The van der Waals surface area contributed by atoms with Crippen LogP contribution in [-0.4, -0.2) is 37.0 Å². The van der Waals surface area contributed by atoms with Gasteiger partial charge in [-0.2, -0.15) is 0 Å². The number of hydrogen-bond acceptors (Lipinski definition) is 7. The first-order valence-corrected chi connectivity index (χ1v) is 10.2. The van der Waals surface area contributed by atoms with E-state index in [-0.39, 0.29) is 18.4 Å². The average Bonchev–Trinajstić information content (AvgIpc) is 3.06. The molecule has 0 unspecified atom stereocenters. The Balaban J connectivity index is 1.68. The lowest BCUT2D eigenvalue weighted by Crippen LogP contribution is -2.38. The van der Waals surface area contributed by atoms with Crippen LogP contribution in [-0.2, 0) is 16.1 Å². The van der Waals surface area contributed by atoms with E-state index < -0.39 is 0 Å². The van der Waals surface area contributed by atoms with E-state index in [9.17, 15) is 9.59 Å². The summed E-state index contributed by atoms with van der Waals surface area (Å²) in [6.07, 6.45) is 1.74. The van der Waals surface area contributed by atoms with Crippen LogP contribution >= 0.6 is 24.0 Å². The molecule has 0 aliphatic carbocycles. The first-order valence-electron chi connectivity index (χ1n) is 9.01. The molecule has 1 fully saturated rings. The molecule has 2 heterocycles. The van der Waals surface area contributed by atoms with E-state index in [1.54, 1.807) is 37.3 Å². The first kappa shape index (κ1) is 20.2. The lowest BCUT2D eigenvalue weighted by Gasteiger charge is -2.30. The number of nitrogens with zero attached hydrogens (tertiary/aromatic N) is 1. The second-order valence-corrected chi connectivity index (χ2v) is 8.29. The van der Waals surface area contributed by atoms with E-state index in [0.29, 0.717) is 38.7 Å². The zero-order chi connectivity index (χ0) is 21.3. The quantitative estimate of drug-likeness (QED) is 0.563. The molecule has 0 atom stereocenters. The van der Waals surface area contributed by atoms with E-state index in [1.807, 2.05) is 24.3 Å². The van der Waals surface area contributed by atoms with Crippen molar-refractivity contribution in [1.82, 2.24) is 5.32 Å². The molecule has 1 saturated heterocycles. The molecule has 2 aromatic carbocycles. The van der Waals surface area contributed by atoms with Gasteiger partial charge in [0.1, 0.15) is 21.6 Å². The van der Waals surface area contributed by atoms with Gasteiger partial charge in [0, 0.05) is 6.07 Å². The van der Waals surface area contributed by atoms with Crippen molar-refractivity contribution < 1.29 is 23.8 Å². The van der Waals surface area contributed by atoms with Gasteiger partial charge in [0.25, 0.3) is 11.8 Å². The highest BCUT2D eigenvalue weighted by atomic mass is 32.2. The largest absolute Gasteiger partial charge is 0.497 e. The summed E-state index contributed by atoms with van der Waals surface area (Å²) in [6, 6.07) is 10.9. The van der Waals surface area contributed by atoms with Gasteiger partial charge in [-0.1, -0.05) is 30.0 Å². The van der Waals surface area contributed by atoms with Gasteiger partial charge in [0.2, 0.25) is 0 Å². The number of amides is 2. The van der Waals surface area contributed by atoms with Gasteiger partial charge in [-0.25, -0.2) is 0 Å². The fourth-order valence-corrected chi connectivity index (χ4v) is 4.24. The third-order valence-electron chi connectivity index (χ3n) is 4.62. The van der Waals surface area contributed by atoms with Crippen molar-refractivity contribution in [3.63, 3.8) is 0 Å². The number of methoxy groups -OCH3 is 2. The molecule has 154 valence electrons. The van der Waals surface area contributed by atoms with Crippen LogP contribution in [0.2, 0.25) is 0 Å². The number of thiocarbonyl (C=S) groups is 1. The van der Waals surface area contributed by atoms with Gasteiger partial charge >= 0.3 is 0 Å². The standard InChI is InChI=1S/C21H18N2O5S2/c1-26-14-5-13(6-15(9-14)27-2)10-23-16-7-12(3-4-17(16)28-11-19(23)24)8-18-20(25)22-21(29)30-18/h3-9H,10-11H2,1-2H3,(H,22,25,29). The van der Waals surface area contributed by atoms with E-state index in [0.717, 1.165) is 11.1 Å². The average molecular weight is 443 g/mol. The number of carbonyl (C=O) groups excluding carboxylic acids is 2. The number of thioether (sulfide) groups is 1. The summed E-state index contributed by atoms with van der Waals surface area (Å²) in [6.45, 7) is 0.281. The fourth-order valence-electron chi connectivity index (χ4n) is 3.19. The van der Waals surface area contributed by atoms with E-state index in [1.165, 1.54) is 11.8 Å². The maximum atomic E-state index is 12.7. The molecule has 7 nitrogen and oxygen atoms in total. The first-order chi connectivity index (χ1) is 14.5. The van der Waals surface area contributed by atoms with Crippen molar-refractivity contribution in [3.05, 3.63) is 52.4 Å². The molecule has 30 heavy (non-hydrogen) atoms. The number of rotatable bonds is 5. The zero-order valence-corrected chi connectivity index (χ0v) is 17.9.